The number of carbonyl (C=O) groups is 1. The zero-order valence-electron chi connectivity index (χ0n) is 16.6. The van der Waals surface area contributed by atoms with Gasteiger partial charge < -0.3 is 14.2 Å². The number of hydrogen-bond donors (Lipinski definition) is 0. The van der Waals surface area contributed by atoms with Crippen molar-refractivity contribution in [3.05, 3.63) is 35.2 Å². The van der Waals surface area contributed by atoms with Crippen LogP contribution < -0.4 is 4.74 Å². The Kier molecular flexibility index (Phi) is 6.42. The molecule has 1 aliphatic heterocycles. The number of benzene rings is 1. The maximum Gasteiger partial charge on any atom is 0.233 e. The average molecular weight is 389 g/mol. The fourth-order valence-corrected chi connectivity index (χ4v) is 3.93. The van der Waals surface area contributed by atoms with E-state index in [0.717, 1.165) is 54.1 Å². The van der Waals surface area contributed by atoms with Crippen LogP contribution in [0.1, 0.15) is 36.7 Å². The van der Waals surface area contributed by atoms with Crippen LogP contribution in [0.4, 0.5) is 0 Å². The first kappa shape index (κ1) is 19.7. The molecule has 0 saturated carbocycles. The summed E-state index contributed by atoms with van der Waals surface area (Å²) in [5, 5.41) is 9.19. The van der Waals surface area contributed by atoms with Gasteiger partial charge in [-0.15, -0.1) is 10.2 Å². The quantitative estimate of drug-likeness (QED) is 0.710. The van der Waals surface area contributed by atoms with Crippen LogP contribution in [0.15, 0.2) is 23.4 Å². The lowest BCUT2D eigenvalue weighted by Gasteiger charge is -2.30. The minimum absolute atomic E-state index is 0.183. The van der Waals surface area contributed by atoms with Crippen molar-refractivity contribution in [3.8, 4) is 5.75 Å². The second-order valence-corrected chi connectivity index (χ2v) is 8.24. The first-order valence-corrected chi connectivity index (χ1v) is 10.4. The molecule has 1 aromatic heterocycles. The van der Waals surface area contributed by atoms with Crippen molar-refractivity contribution in [2.75, 3.05) is 18.8 Å². The van der Waals surface area contributed by atoms with Crippen LogP contribution in [0.2, 0.25) is 0 Å². The standard InChI is InChI=1S/C20H28N4O2S/c1-14-8-10-24(11-9-14)19(25)13-27-20-22-21-18(23(20)4)12-26-17-7-5-6-15(2)16(17)3/h5-7,14H,8-13H2,1-4H3. The summed E-state index contributed by atoms with van der Waals surface area (Å²) in [6.45, 7) is 8.46. The lowest BCUT2D eigenvalue weighted by Crippen LogP contribution is -2.38. The molecule has 0 aliphatic carbocycles. The van der Waals surface area contributed by atoms with E-state index in [0.29, 0.717) is 12.4 Å². The van der Waals surface area contributed by atoms with E-state index in [2.05, 4.69) is 37.0 Å². The zero-order chi connectivity index (χ0) is 19.4. The van der Waals surface area contributed by atoms with Crippen molar-refractivity contribution >= 4 is 17.7 Å². The molecule has 0 bridgehead atoms. The Bertz CT molecular complexity index is 797. The Labute approximate surface area is 165 Å². The van der Waals surface area contributed by atoms with Gasteiger partial charge in [0.05, 0.1) is 5.75 Å². The van der Waals surface area contributed by atoms with Crippen LogP contribution in [0.5, 0.6) is 5.75 Å². The van der Waals surface area contributed by atoms with E-state index in [9.17, 15) is 4.79 Å². The third kappa shape index (κ3) is 4.83. The molecule has 1 saturated heterocycles. The number of amides is 1. The van der Waals surface area contributed by atoms with Gasteiger partial charge in [-0.05, 0) is 49.8 Å². The van der Waals surface area contributed by atoms with Crippen molar-refractivity contribution in [1.82, 2.24) is 19.7 Å². The highest BCUT2D eigenvalue weighted by molar-refractivity contribution is 7.99. The fraction of sp³-hybridized carbons (Fsp3) is 0.550. The van der Waals surface area contributed by atoms with E-state index in [1.165, 1.54) is 17.3 Å². The maximum absolute atomic E-state index is 12.4. The van der Waals surface area contributed by atoms with E-state index in [4.69, 9.17) is 4.74 Å². The molecule has 0 spiro atoms. The largest absolute Gasteiger partial charge is 0.485 e. The molecule has 6 nitrogen and oxygen atoms in total. The van der Waals surface area contributed by atoms with Crippen LogP contribution >= 0.6 is 11.8 Å². The minimum Gasteiger partial charge on any atom is -0.485 e. The van der Waals surface area contributed by atoms with Crippen LogP contribution in [-0.4, -0.2) is 44.4 Å². The first-order chi connectivity index (χ1) is 13.0. The molecular formula is C20H28N4O2S. The monoisotopic (exact) mass is 388 g/mol. The molecule has 0 atom stereocenters. The molecule has 146 valence electrons. The summed E-state index contributed by atoms with van der Waals surface area (Å²) < 4.78 is 7.82. The average Bonchev–Trinajstić information content (AvgIpc) is 3.01. The van der Waals surface area contributed by atoms with Gasteiger partial charge in [0.25, 0.3) is 0 Å². The highest BCUT2D eigenvalue weighted by Crippen LogP contribution is 2.23. The van der Waals surface area contributed by atoms with Gasteiger partial charge in [-0.25, -0.2) is 0 Å². The van der Waals surface area contributed by atoms with Gasteiger partial charge in [-0.1, -0.05) is 30.8 Å². The minimum atomic E-state index is 0.183. The first-order valence-electron chi connectivity index (χ1n) is 9.43. The summed E-state index contributed by atoms with van der Waals surface area (Å²) in [6, 6.07) is 6.02. The van der Waals surface area contributed by atoms with Crippen molar-refractivity contribution in [2.24, 2.45) is 13.0 Å². The molecule has 0 unspecified atom stereocenters. The number of rotatable bonds is 6. The Morgan fingerprint density at radius 3 is 2.74 bits per heavy atom. The summed E-state index contributed by atoms with van der Waals surface area (Å²) in [6.07, 6.45) is 2.19. The zero-order valence-corrected chi connectivity index (χ0v) is 17.4. The Hall–Kier alpha value is -2.02. The molecule has 1 fully saturated rings. The normalized spacial score (nSPS) is 15.2. The van der Waals surface area contributed by atoms with Gasteiger partial charge in [-0.3, -0.25) is 4.79 Å². The molecule has 2 aromatic rings. The number of hydrogen-bond acceptors (Lipinski definition) is 5. The molecule has 1 aromatic carbocycles. The molecule has 1 amide bonds. The van der Waals surface area contributed by atoms with E-state index in [1.807, 2.05) is 28.6 Å². The van der Waals surface area contributed by atoms with E-state index in [1.54, 1.807) is 0 Å². The predicted octanol–water partition coefficient (Wildman–Crippen LogP) is 3.36. The summed E-state index contributed by atoms with van der Waals surface area (Å²) in [7, 11) is 1.91. The van der Waals surface area contributed by atoms with Crippen molar-refractivity contribution in [2.45, 2.75) is 45.4 Å². The molecule has 2 heterocycles. The Morgan fingerprint density at radius 1 is 1.26 bits per heavy atom. The Balaban J connectivity index is 1.54. The van der Waals surface area contributed by atoms with Crippen LogP contribution in [0.3, 0.4) is 0 Å². The Morgan fingerprint density at radius 2 is 2.00 bits per heavy atom. The second-order valence-electron chi connectivity index (χ2n) is 7.30. The van der Waals surface area contributed by atoms with E-state index in [-0.39, 0.29) is 5.91 Å². The number of aromatic nitrogens is 3. The number of nitrogens with zero attached hydrogens (tertiary/aromatic N) is 4. The molecule has 0 radical (unpaired) electrons. The van der Waals surface area contributed by atoms with Gasteiger partial charge in [0, 0.05) is 20.1 Å². The fourth-order valence-electron chi connectivity index (χ4n) is 3.09. The highest BCUT2D eigenvalue weighted by atomic mass is 32.2. The van der Waals surface area contributed by atoms with Gasteiger partial charge in [0.1, 0.15) is 12.4 Å². The molecular weight excluding hydrogens is 360 g/mol. The number of likely N-dealkylation sites (tertiary alicyclic amines) is 1. The van der Waals surface area contributed by atoms with Gasteiger partial charge in [0.15, 0.2) is 11.0 Å². The summed E-state index contributed by atoms with van der Waals surface area (Å²) >= 11 is 1.44. The van der Waals surface area contributed by atoms with E-state index >= 15 is 0 Å². The lowest BCUT2D eigenvalue weighted by molar-refractivity contribution is -0.129. The van der Waals surface area contributed by atoms with Gasteiger partial charge >= 0.3 is 0 Å². The number of aryl methyl sites for hydroxylation is 1. The molecule has 3 rings (SSSR count). The van der Waals surface area contributed by atoms with E-state index < -0.39 is 0 Å². The molecule has 7 heteroatoms. The topological polar surface area (TPSA) is 60.3 Å². The number of carbonyl (C=O) groups excluding carboxylic acids is 1. The maximum atomic E-state index is 12.4. The summed E-state index contributed by atoms with van der Waals surface area (Å²) in [5.41, 5.74) is 2.34. The smallest absolute Gasteiger partial charge is 0.233 e. The summed E-state index contributed by atoms with van der Waals surface area (Å²) in [4.78, 5) is 14.4. The number of ether oxygens (including phenoxy) is 1. The van der Waals surface area contributed by atoms with Crippen molar-refractivity contribution in [1.29, 1.82) is 0 Å². The predicted molar refractivity (Wildman–Crippen MR) is 107 cm³/mol. The summed E-state index contributed by atoms with van der Waals surface area (Å²) in [5.74, 6) is 2.92. The van der Waals surface area contributed by atoms with Gasteiger partial charge in [-0.2, -0.15) is 0 Å². The van der Waals surface area contributed by atoms with Crippen molar-refractivity contribution in [3.63, 3.8) is 0 Å². The SMILES string of the molecule is Cc1cccc(OCc2nnc(SCC(=O)N3CCC(C)CC3)n2C)c1C. The van der Waals surface area contributed by atoms with Crippen LogP contribution in [-0.2, 0) is 18.4 Å². The third-order valence-corrected chi connectivity index (χ3v) is 6.30. The number of thioether (sulfide) groups is 1. The number of piperidine rings is 1. The highest BCUT2D eigenvalue weighted by Gasteiger charge is 2.21. The second kappa shape index (κ2) is 8.78. The third-order valence-electron chi connectivity index (χ3n) is 5.30. The van der Waals surface area contributed by atoms with Crippen molar-refractivity contribution < 1.29 is 9.53 Å². The van der Waals surface area contributed by atoms with Crippen LogP contribution in [0.25, 0.3) is 0 Å². The molecule has 0 N–H and O–H groups in total. The van der Waals surface area contributed by atoms with Crippen LogP contribution in [0, 0.1) is 19.8 Å². The molecule has 27 heavy (non-hydrogen) atoms. The molecule has 1 aliphatic rings. The van der Waals surface area contributed by atoms with Gasteiger partial charge in [0.2, 0.25) is 5.91 Å². The lowest BCUT2D eigenvalue weighted by atomic mass is 9.99.